The lowest BCUT2D eigenvalue weighted by Gasteiger charge is -2.05. The van der Waals surface area contributed by atoms with Crippen molar-refractivity contribution in [3.8, 4) is 10.7 Å². The summed E-state index contributed by atoms with van der Waals surface area (Å²) in [7, 11) is 0. The molecule has 2 heterocycles. The molecule has 2 aromatic heterocycles. The van der Waals surface area contributed by atoms with Crippen LogP contribution in [0.3, 0.4) is 0 Å². The van der Waals surface area contributed by atoms with Crippen LogP contribution in [0, 0.1) is 5.82 Å². The summed E-state index contributed by atoms with van der Waals surface area (Å²) in [6.45, 7) is 0.426. The number of thiophene rings is 1. The molecule has 1 aliphatic rings. The maximum atomic E-state index is 13.6. The Kier molecular flexibility index (Phi) is 4.42. The van der Waals surface area contributed by atoms with Gasteiger partial charge >= 0.3 is 5.69 Å². The van der Waals surface area contributed by atoms with Crippen molar-refractivity contribution in [3.63, 3.8) is 0 Å². The number of aromatic nitrogens is 3. The van der Waals surface area contributed by atoms with Gasteiger partial charge in [-0.1, -0.05) is 18.2 Å². The highest BCUT2D eigenvalue weighted by Crippen LogP contribution is 2.37. The molecule has 8 heteroatoms. The van der Waals surface area contributed by atoms with Crippen LogP contribution >= 0.6 is 11.3 Å². The highest BCUT2D eigenvalue weighted by Gasteiger charge is 2.30. The van der Waals surface area contributed by atoms with Crippen molar-refractivity contribution in [1.29, 1.82) is 0 Å². The molecular formula is C18H17FN4O2S. The summed E-state index contributed by atoms with van der Waals surface area (Å²) in [6, 6.07) is 9.87. The van der Waals surface area contributed by atoms with E-state index < -0.39 is 11.7 Å². The maximum Gasteiger partial charge on any atom is 0.346 e. The van der Waals surface area contributed by atoms with Gasteiger partial charge < -0.3 is 5.32 Å². The first-order valence-corrected chi connectivity index (χ1v) is 9.29. The van der Waals surface area contributed by atoms with Crippen molar-refractivity contribution in [2.24, 2.45) is 0 Å². The molecule has 1 fully saturated rings. The number of halogens is 1. The average Bonchev–Trinajstić information content (AvgIpc) is 3.21. The fraction of sp³-hybridized carbons (Fsp3) is 0.278. The Morgan fingerprint density at radius 1 is 1.27 bits per heavy atom. The molecule has 134 valence electrons. The van der Waals surface area contributed by atoms with Gasteiger partial charge in [0.05, 0.1) is 17.0 Å². The van der Waals surface area contributed by atoms with Crippen LogP contribution in [-0.4, -0.2) is 26.8 Å². The minimum absolute atomic E-state index is 0.0115. The molecule has 6 nitrogen and oxygen atoms in total. The Morgan fingerprint density at radius 2 is 2.08 bits per heavy atom. The van der Waals surface area contributed by atoms with E-state index in [0.29, 0.717) is 5.82 Å². The van der Waals surface area contributed by atoms with E-state index in [1.54, 1.807) is 10.6 Å². The third-order valence-electron chi connectivity index (χ3n) is 4.25. The zero-order valence-electron chi connectivity index (χ0n) is 13.9. The van der Waals surface area contributed by atoms with Gasteiger partial charge in [0.15, 0.2) is 5.82 Å². The van der Waals surface area contributed by atoms with Crippen LogP contribution < -0.4 is 11.0 Å². The molecule has 1 N–H and O–H groups in total. The van der Waals surface area contributed by atoms with E-state index in [1.807, 2.05) is 17.5 Å². The van der Waals surface area contributed by atoms with Crippen molar-refractivity contribution in [3.05, 3.63) is 63.6 Å². The average molecular weight is 372 g/mol. The van der Waals surface area contributed by atoms with Crippen LogP contribution in [0.2, 0.25) is 0 Å². The van der Waals surface area contributed by atoms with Gasteiger partial charge in [-0.25, -0.2) is 13.9 Å². The van der Waals surface area contributed by atoms with Crippen LogP contribution in [0.4, 0.5) is 4.39 Å². The SMILES string of the molecule is O=C(NCCn1nc(-c2cccs2)n(C2CC2)c1=O)c1ccccc1F. The van der Waals surface area contributed by atoms with Crippen LogP contribution in [0.1, 0.15) is 29.2 Å². The summed E-state index contributed by atoms with van der Waals surface area (Å²) in [5.41, 5.74) is -0.182. The zero-order chi connectivity index (χ0) is 18.1. The second-order valence-corrected chi connectivity index (χ2v) is 7.09. The van der Waals surface area contributed by atoms with Crippen LogP contribution in [-0.2, 0) is 6.54 Å². The standard InChI is InChI=1S/C18H17FN4O2S/c19-14-5-2-1-4-13(14)17(24)20-9-10-22-18(25)23(12-7-8-12)16(21-22)15-6-3-11-26-15/h1-6,11-12H,7-10H2,(H,20,24). The van der Waals surface area contributed by atoms with Gasteiger partial charge in [0.25, 0.3) is 5.91 Å². The maximum absolute atomic E-state index is 13.6. The minimum Gasteiger partial charge on any atom is -0.350 e. The third kappa shape index (κ3) is 3.20. The molecule has 26 heavy (non-hydrogen) atoms. The lowest BCUT2D eigenvalue weighted by Crippen LogP contribution is -2.32. The second kappa shape index (κ2) is 6.87. The number of carbonyl (C=O) groups excluding carboxylic acids is 1. The molecule has 1 aliphatic carbocycles. The van der Waals surface area contributed by atoms with Gasteiger partial charge in [-0.05, 0) is 36.4 Å². The molecule has 0 unspecified atom stereocenters. The highest BCUT2D eigenvalue weighted by atomic mass is 32.1. The van der Waals surface area contributed by atoms with E-state index in [0.717, 1.165) is 17.7 Å². The zero-order valence-corrected chi connectivity index (χ0v) is 14.7. The third-order valence-corrected chi connectivity index (χ3v) is 5.12. The van der Waals surface area contributed by atoms with Crippen LogP contribution in [0.25, 0.3) is 10.7 Å². The summed E-state index contributed by atoms with van der Waals surface area (Å²) >= 11 is 1.54. The molecule has 1 amide bonds. The van der Waals surface area contributed by atoms with Gasteiger partial charge in [-0.3, -0.25) is 9.36 Å². The predicted molar refractivity (Wildman–Crippen MR) is 96.8 cm³/mol. The van der Waals surface area contributed by atoms with Crippen LogP contribution in [0.15, 0.2) is 46.6 Å². The molecule has 0 saturated heterocycles. The molecule has 1 aromatic carbocycles. The second-order valence-electron chi connectivity index (χ2n) is 6.14. The minimum atomic E-state index is -0.569. The van der Waals surface area contributed by atoms with Crippen LogP contribution in [0.5, 0.6) is 0 Å². The molecule has 0 spiro atoms. The van der Waals surface area contributed by atoms with E-state index in [2.05, 4.69) is 10.4 Å². The number of benzene rings is 1. The van der Waals surface area contributed by atoms with Gasteiger partial charge in [-0.15, -0.1) is 16.4 Å². The van der Waals surface area contributed by atoms with Crippen molar-refractivity contribution >= 4 is 17.2 Å². The number of nitrogens with one attached hydrogen (secondary N) is 1. The van der Waals surface area contributed by atoms with Gasteiger partial charge in [0.2, 0.25) is 0 Å². The smallest absolute Gasteiger partial charge is 0.346 e. The first kappa shape index (κ1) is 16.7. The molecular weight excluding hydrogens is 355 g/mol. The summed E-state index contributed by atoms with van der Waals surface area (Å²) in [5, 5.41) is 9.04. The molecule has 0 aliphatic heterocycles. The van der Waals surface area contributed by atoms with E-state index in [1.165, 1.54) is 34.2 Å². The quantitative estimate of drug-likeness (QED) is 0.723. The first-order chi connectivity index (χ1) is 12.6. The van der Waals surface area contributed by atoms with Gasteiger partial charge in [0.1, 0.15) is 5.82 Å². The fourth-order valence-corrected chi connectivity index (χ4v) is 3.52. The Hall–Kier alpha value is -2.74. The number of carbonyl (C=O) groups is 1. The Balaban J connectivity index is 1.49. The lowest BCUT2D eigenvalue weighted by molar-refractivity contribution is 0.0947. The summed E-state index contributed by atoms with van der Waals surface area (Å²) < 4.78 is 16.7. The number of amides is 1. The summed E-state index contributed by atoms with van der Waals surface area (Å²) in [4.78, 5) is 25.7. The van der Waals surface area contributed by atoms with Crippen molar-refractivity contribution < 1.29 is 9.18 Å². The predicted octanol–water partition coefficient (Wildman–Crippen LogP) is 2.68. The lowest BCUT2D eigenvalue weighted by atomic mass is 10.2. The van der Waals surface area contributed by atoms with Gasteiger partial charge in [0, 0.05) is 12.6 Å². The fourth-order valence-electron chi connectivity index (χ4n) is 2.82. The number of nitrogens with zero attached hydrogens (tertiary/aromatic N) is 3. The molecule has 0 atom stereocenters. The van der Waals surface area contributed by atoms with Crippen molar-refractivity contribution in [1.82, 2.24) is 19.7 Å². The number of hydrogen-bond donors (Lipinski definition) is 1. The molecule has 0 radical (unpaired) electrons. The van der Waals surface area contributed by atoms with E-state index in [-0.39, 0.29) is 30.4 Å². The van der Waals surface area contributed by atoms with E-state index in [9.17, 15) is 14.0 Å². The van der Waals surface area contributed by atoms with Crippen molar-refractivity contribution in [2.45, 2.75) is 25.4 Å². The van der Waals surface area contributed by atoms with E-state index in [4.69, 9.17) is 0 Å². The Bertz CT molecular complexity index is 989. The molecule has 3 aromatic rings. The Labute approximate surface area is 152 Å². The number of hydrogen-bond acceptors (Lipinski definition) is 4. The summed E-state index contributed by atoms with van der Waals surface area (Å²) in [6.07, 6.45) is 1.96. The topological polar surface area (TPSA) is 68.9 Å². The first-order valence-electron chi connectivity index (χ1n) is 8.41. The number of rotatable bonds is 6. The normalized spacial score (nSPS) is 13.7. The Morgan fingerprint density at radius 3 is 2.77 bits per heavy atom. The monoisotopic (exact) mass is 372 g/mol. The summed E-state index contributed by atoms with van der Waals surface area (Å²) in [5.74, 6) is -0.399. The van der Waals surface area contributed by atoms with Gasteiger partial charge in [-0.2, -0.15) is 0 Å². The highest BCUT2D eigenvalue weighted by molar-refractivity contribution is 7.13. The largest absolute Gasteiger partial charge is 0.350 e. The van der Waals surface area contributed by atoms with Crippen molar-refractivity contribution in [2.75, 3.05) is 6.54 Å². The molecule has 1 saturated carbocycles. The molecule has 4 rings (SSSR count). The molecule has 0 bridgehead atoms. The van der Waals surface area contributed by atoms with E-state index >= 15 is 0 Å².